The predicted octanol–water partition coefficient (Wildman–Crippen LogP) is 1.74. The number of hydrogen-bond acceptors (Lipinski definition) is 16. The summed E-state index contributed by atoms with van der Waals surface area (Å²) in [5, 5.41) is 107. The largest absolute Gasteiger partial charge is 0.481 e. The van der Waals surface area contributed by atoms with Crippen molar-refractivity contribution in [1.29, 1.82) is 0 Å². The summed E-state index contributed by atoms with van der Waals surface area (Å²) in [5.41, 5.74) is 6.02. The first-order valence-electron chi connectivity index (χ1n) is 22.2. The Morgan fingerprint density at radius 3 is 1.78 bits per heavy atom. The molecule has 362 valence electrons. The molecular formula is C47H73NO16. The van der Waals surface area contributed by atoms with Crippen LogP contribution in [-0.2, 0) is 28.5 Å². The minimum absolute atomic E-state index is 0.0331. The van der Waals surface area contributed by atoms with Gasteiger partial charge in [0.15, 0.2) is 12.1 Å². The Balaban J connectivity index is 1.83. The molecule has 64 heavy (non-hydrogen) atoms. The number of aliphatic hydroxyl groups excluding tert-OH is 8. The standard InChI is InChI=1S/C47H73NO16/c1-28-17-15-13-11-9-7-5-6-8-10-12-14-16-18-36(63-46-44(57)41(48)43(56)31(4)62-46)25-38-40(45(58)59)37(53)27-47(60,64-38)26-34(51)22-20-32(49)19-21-33(50)23-35(52)24-39(54)61-30(3)29(2)42(28)55/h5-18,28-38,40-44,46,49-53,55-57,60H,19-27,48H2,1-4H3,(H,58,59)/b6-5+,9-7+,10-8+,13-11+,14-12+,17-15+,18-16+/t28-,29-,30-,31?,32+,33+,34-,35+,36-,37-,38-,40+,41?,42+,43?,44?,46?,47+/m0/s1. The van der Waals surface area contributed by atoms with Gasteiger partial charge in [-0.3, -0.25) is 9.59 Å². The molecule has 17 heteroatoms. The van der Waals surface area contributed by atoms with E-state index >= 15 is 0 Å². The molecule has 12 N–H and O–H groups in total. The second kappa shape index (κ2) is 27.3. The summed E-state index contributed by atoms with van der Waals surface area (Å²) < 4.78 is 23.2. The molecule has 17 nitrogen and oxygen atoms in total. The van der Waals surface area contributed by atoms with Crippen molar-refractivity contribution in [3.63, 3.8) is 0 Å². The van der Waals surface area contributed by atoms with E-state index in [1.165, 1.54) is 0 Å². The van der Waals surface area contributed by atoms with E-state index in [0.29, 0.717) is 0 Å². The first kappa shape index (κ1) is 54.9. The van der Waals surface area contributed by atoms with Crippen LogP contribution in [0.4, 0.5) is 0 Å². The van der Waals surface area contributed by atoms with Crippen molar-refractivity contribution in [2.45, 2.75) is 177 Å². The Labute approximate surface area is 376 Å². The van der Waals surface area contributed by atoms with Crippen molar-refractivity contribution < 1.29 is 79.6 Å². The fourth-order valence-electron chi connectivity index (χ4n) is 7.91. The third-order valence-electron chi connectivity index (χ3n) is 11.9. The summed E-state index contributed by atoms with van der Waals surface area (Å²) in [4.78, 5) is 25.1. The summed E-state index contributed by atoms with van der Waals surface area (Å²) >= 11 is 0. The number of hydrogen-bond donors (Lipinski definition) is 11. The normalized spacial score (nSPS) is 44.8. The quantitative estimate of drug-likeness (QED) is 0.180. The number of esters is 1. The molecule has 2 fully saturated rings. The Morgan fingerprint density at radius 2 is 1.20 bits per heavy atom. The summed E-state index contributed by atoms with van der Waals surface area (Å²) in [7, 11) is 0. The van der Waals surface area contributed by atoms with Gasteiger partial charge in [0.1, 0.15) is 18.1 Å². The molecule has 0 aromatic carbocycles. The molecule has 3 aliphatic heterocycles. The predicted molar refractivity (Wildman–Crippen MR) is 236 cm³/mol. The average Bonchev–Trinajstić information content (AvgIpc) is 3.21. The number of rotatable bonds is 3. The molecule has 5 unspecified atom stereocenters. The van der Waals surface area contributed by atoms with Crippen LogP contribution < -0.4 is 5.73 Å². The second-order valence-corrected chi connectivity index (χ2v) is 17.4. The van der Waals surface area contributed by atoms with Crippen LogP contribution in [0.1, 0.15) is 85.5 Å². The topological polar surface area (TPSA) is 299 Å². The van der Waals surface area contributed by atoms with E-state index in [0.717, 1.165) is 0 Å². The van der Waals surface area contributed by atoms with E-state index in [1.54, 1.807) is 69.4 Å². The molecule has 0 radical (unpaired) electrons. The first-order chi connectivity index (χ1) is 30.2. The number of nitrogens with two attached hydrogens (primary N) is 1. The number of carboxylic acids is 1. The molecule has 0 amide bonds. The molecule has 3 rings (SSSR count). The third kappa shape index (κ3) is 18.5. The highest BCUT2D eigenvalue weighted by Gasteiger charge is 2.50. The third-order valence-corrected chi connectivity index (χ3v) is 11.9. The van der Waals surface area contributed by atoms with Gasteiger partial charge in [-0.05, 0) is 46.0 Å². The van der Waals surface area contributed by atoms with Gasteiger partial charge >= 0.3 is 11.9 Å². The summed E-state index contributed by atoms with van der Waals surface area (Å²) in [5.74, 6) is -6.52. The summed E-state index contributed by atoms with van der Waals surface area (Å²) in [6.07, 6.45) is 7.91. The van der Waals surface area contributed by atoms with E-state index < -0.39 is 128 Å². The number of carboxylic acid groups (broad SMARTS) is 1. The average molecular weight is 908 g/mol. The Hall–Kier alpha value is -3.40. The Morgan fingerprint density at radius 1 is 0.672 bits per heavy atom. The minimum Gasteiger partial charge on any atom is -0.481 e. The van der Waals surface area contributed by atoms with Crippen LogP contribution in [0.3, 0.4) is 0 Å². The summed E-state index contributed by atoms with van der Waals surface area (Å²) in [6, 6.07) is -1.13. The number of aliphatic carboxylic acids is 1. The zero-order valence-corrected chi connectivity index (χ0v) is 37.3. The van der Waals surface area contributed by atoms with Gasteiger partial charge in [-0.1, -0.05) is 98.9 Å². The van der Waals surface area contributed by atoms with Crippen LogP contribution in [0.5, 0.6) is 0 Å². The molecule has 2 bridgehead atoms. The van der Waals surface area contributed by atoms with Gasteiger partial charge in [0.2, 0.25) is 0 Å². The Bertz CT molecular complexity index is 1630. The van der Waals surface area contributed by atoms with E-state index in [2.05, 4.69) is 0 Å². The molecular weight excluding hydrogens is 835 g/mol. The van der Waals surface area contributed by atoms with Gasteiger partial charge in [0, 0.05) is 31.1 Å². The fraction of sp³-hybridized carbons (Fsp3) is 0.660. The SMILES string of the molecule is CC1OC(O[C@H]2/C=C/C=C/C=C/C=C/C=C/C=C/C=C/[C@H](C)[C@@H](O)[C@@H](C)[C@H](C)OC(=O)C[C@H](O)C[C@H](O)CC[C@@H](O)CC[C@H](O)C[C@]3(O)C[C@H](O)[C@@H](C(=O)O)[C@H](C2)O3)C(O)C(N)C1O. The van der Waals surface area contributed by atoms with Gasteiger partial charge in [-0.15, -0.1) is 0 Å². The molecule has 3 aliphatic rings. The number of allylic oxidation sites excluding steroid dienone is 12. The van der Waals surface area contributed by atoms with E-state index in [1.807, 2.05) is 43.4 Å². The Kier molecular flexibility index (Phi) is 23.4. The molecule has 0 saturated carbocycles. The fourth-order valence-corrected chi connectivity index (χ4v) is 7.91. The van der Waals surface area contributed by atoms with Crippen LogP contribution in [-0.4, -0.2) is 154 Å². The second-order valence-electron chi connectivity index (χ2n) is 17.4. The minimum atomic E-state index is -2.20. The van der Waals surface area contributed by atoms with E-state index in [9.17, 15) is 60.7 Å². The van der Waals surface area contributed by atoms with Gasteiger partial charge in [-0.2, -0.15) is 0 Å². The van der Waals surface area contributed by atoms with Crippen molar-refractivity contribution in [1.82, 2.24) is 0 Å². The number of fused-ring (bicyclic) bond motifs is 2. The zero-order valence-electron chi connectivity index (χ0n) is 37.3. The number of carbonyl (C=O) groups is 2. The highest BCUT2D eigenvalue weighted by atomic mass is 16.7. The summed E-state index contributed by atoms with van der Waals surface area (Å²) in [6.45, 7) is 6.82. The van der Waals surface area contributed by atoms with Crippen LogP contribution in [0.15, 0.2) is 85.1 Å². The lowest BCUT2D eigenvalue weighted by Gasteiger charge is -2.45. The monoisotopic (exact) mass is 907 g/mol. The van der Waals surface area contributed by atoms with Crippen molar-refractivity contribution in [2.24, 2.45) is 23.5 Å². The smallest absolute Gasteiger partial charge is 0.311 e. The van der Waals surface area contributed by atoms with Crippen LogP contribution in [0, 0.1) is 17.8 Å². The van der Waals surface area contributed by atoms with Crippen molar-refractivity contribution in [2.75, 3.05) is 0 Å². The molecule has 0 aromatic heterocycles. The van der Waals surface area contributed by atoms with Crippen LogP contribution in [0.25, 0.3) is 0 Å². The molecule has 2 saturated heterocycles. The number of ether oxygens (including phenoxy) is 4. The first-order valence-corrected chi connectivity index (χ1v) is 22.2. The highest BCUT2D eigenvalue weighted by Crippen LogP contribution is 2.38. The lowest BCUT2D eigenvalue weighted by atomic mass is 9.83. The maximum absolute atomic E-state index is 12.6. The van der Waals surface area contributed by atoms with E-state index in [-0.39, 0.29) is 50.9 Å². The zero-order chi connectivity index (χ0) is 47.6. The lowest BCUT2D eigenvalue weighted by molar-refractivity contribution is -0.308. The number of aliphatic hydroxyl groups is 9. The van der Waals surface area contributed by atoms with Gasteiger partial charge in [0.05, 0.1) is 73.5 Å². The van der Waals surface area contributed by atoms with Crippen molar-refractivity contribution >= 4 is 11.9 Å². The van der Waals surface area contributed by atoms with Crippen LogP contribution >= 0.6 is 0 Å². The molecule has 18 atom stereocenters. The van der Waals surface area contributed by atoms with Crippen molar-refractivity contribution in [3.05, 3.63) is 85.1 Å². The number of cyclic esters (lactones) is 1. The van der Waals surface area contributed by atoms with Crippen LogP contribution in [0.2, 0.25) is 0 Å². The van der Waals surface area contributed by atoms with E-state index in [4.69, 9.17) is 24.7 Å². The maximum atomic E-state index is 12.6. The maximum Gasteiger partial charge on any atom is 0.311 e. The number of carbonyl (C=O) groups excluding carboxylic acids is 1. The van der Waals surface area contributed by atoms with Gasteiger partial charge in [-0.25, -0.2) is 0 Å². The lowest BCUT2D eigenvalue weighted by Crippen LogP contribution is -2.61. The molecule has 0 spiro atoms. The van der Waals surface area contributed by atoms with Gasteiger partial charge in [0.25, 0.3) is 0 Å². The van der Waals surface area contributed by atoms with Gasteiger partial charge < -0.3 is 75.7 Å². The molecule has 0 aromatic rings. The van der Waals surface area contributed by atoms with Crippen molar-refractivity contribution in [3.8, 4) is 0 Å². The molecule has 0 aliphatic carbocycles. The molecule has 3 heterocycles. The highest BCUT2D eigenvalue weighted by molar-refractivity contribution is 5.71.